The zero-order chi connectivity index (χ0) is 12.9. The highest BCUT2D eigenvalue weighted by Crippen LogP contribution is 2.20. The Morgan fingerprint density at radius 3 is 2.59 bits per heavy atom. The minimum absolute atomic E-state index is 0.500. The lowest BCUT2D eigenvalue weighted by molar-refractivity contribution is 0.181. The van der Waals surface area contributed by atoms with Crippen molar-refractivity contribution >= 4 is 8.07 Å². The second-order valence-corrected chi connectivity index (χ2v) is 9.88. The second kappa shape index (κ2) is 5.86. The summed E-state index contributed by atoms with van der Waals surface area (Å²) in [6, 6.07) is 7.79. The minimum atomic E-state index is -1.38. The van der Waals surface area contributed by atoms with Crippen molar-refractivity contribution < 1.29 is 5.11 Å². The molecule has 0 spiro atoms. The van der Waals surface area contributed by atoms with E-state index < -0.39 is 14.2 Å². The molecule has 90 valence electrons. The van der Waals surface area contributed by atoms with Crippen molar-refractivity contribution in [2.75, 3.05) is 0 Å². The molecule has 0 heterocycles. The molecule has 0 aliphatic rings. The van der Waals surface area contributed by atoms with Gasteiger partial charge in [0.25, 0.3) is 0 Å². The summed E-state index contributed by atoms with van der Waals surface area (Å²) in [5.41, 5.74) is 5.16. The molecule has 0 saturated carbocycles. The molecule has 0 amide bonds. The van der Waals surface area contributed by atoms with Crippen molar-refractivity contribution in [2.45, 2.75) is 32.2 Å². The maximum absolute atomic E-state index is 10.0. The van der Waals surface area contributed by atoms with Crippen molar-refractivity contribution in [3.63, 3.8) is 0 Å². The standard InChI is InChI=1S/C15H20OSi/c1-5-8-15(16)14-10-7-6-9-13(14)11-12-17(2,3)4/h5-7,9-10,15-16H,1,8H2,2-4H3. The van der Waals surface area contributed by atoms with Crippen LogP contribution in [0.2, 0.25) is 19.6 Å². The van der Waals surface area contributed by atoms with Gasteiger partial charge in [-0.05, 0) is 18.1 Å². The molecule has 1 aromatic carbocycles. The highest BCUT2D eigenvalue weighted by atomic mass is 28.3. The summed E-state index contributed by atoms with van der Waals surface area (Å²) in [6.45, 7) is 10.3. The smallest absolute Gasteiger partial charge is 0.129 e. The van der Waals surface area contributed by atoms with E-state index in [-0.39, 0.29) is 0 Å². The van der Waals surface area contributed by atoms with Crippen LogP contribution in [0.25, 0.3) is 0 Å². The van der Waals surface area contributed by atoms with E-state index in [9.17, 15) is 5.11 Å². The van der Waals surface area contributed by atoms with Crippen molar-refractivity contribution in [1.29, 1.82) is 0 Å². The zero-order valence-corrected chi connectivity index (χ0v) is 11.8. The van der Waals surface area contributed by atoms with E-state index in [0.29, 0.717) is 6.42 Å². The first-order valence-electron chi connectivity index (χ1n) is 5.85. The highest BCUT2D eigenvalue weighted by Gasteiger charge is 2.11. The molecule has 0 fully saturated rings. The number of hydrogen-bond donors (Lipinski definition) is 1. The molecule has 0 aliphatic carbocycles. The van der Waals surface area contributed by atoms with E-state index >= 15 is 0 Å². The summed E-state index contributed by atoms with van der Waals surface area (Å²) in [4.78, 5) is 0. The van der Waals surface area contributed by atoms with Crippen LogP contribution < -0.4 is 0 Å². The Kier molecular flexibility index (Phi) is 4.74. The highest BCUT2D eigenvalue weighted by molar-refractivity contribution is 6.83. The van der Waals surface area contributed by atoms with Gasteiger partial charge in [0.1, 0.15) is 8.07 Å². The van der Waals surface area contributed by atoms with Crippen LogP contribution >= 0.6 is 0 Å². The zero-order valence-electron chi connectivity index (χ0n) is 10.8. The Morgan fingerprint density at radius 1 is 1.35 bits per heavy atom. The predicted molar refractivity (Wildman–Crippen MR) is 76.4 cm³/mol. The molecule has 0 aliphatic heterocycles. The van der Waals surface area contributed by atoms with E-state index in [1.807, 2.05) is 24.3 Å². The van der Waals surface area contributed by atoms with E-state index in [2.05, 4.69) is 37.7 Å². The Bertz CT molecular complexity index is 446. The van der Waals surface area contributed by atoms with Gasteiger partial charge in [-0.1, -0.05) is 49.8 Å². The van der Waals surface area contributed by atoms with E-state index in [0.717, 1.165) is 11.1 Å². The van der Waals surface area contributed by atoms with Gasteiger partial charge in [-0.3, -0.25) is 0 Å². The van der Waals surface area contributed by atoms with E-state index in [1.54, 1.807) is 6.08 Å². The van der Waals surface area contributed by atoms with Gasteiger partial charge in [-0.2, -0.15) is 0 Å². The van der Waals surface area contributed by atoms with Crippen molar-refractivity contribution in [3.8, 4) is 11.5 Å². The summed E-state index contributed by atoms with van der Waals surface area (Å²) in [5.74, 6) is 3.21. The van der Waals surface area contributed by atoms with E-state index in [4.69, 9.17) is 0 Å². The lowest BCUT2D eigenvalue weighted by Crippen LogP contribution is -2.16. The van der Waals surface area contributed by atoms with Gasteiger partial charge in [0.2, 0.25) is 0 Å². The molecule has 1 rings (SSSR count). The molecule has 1 nitrogen and oxygen atoms in total. The third kappa shape index (κ3) is 4.60. The van der Waals surface area contributed by atoms with Crippen molar-refractivity contribution in [1.82, 2.24) is 0 Å². The number of aliphatic hydroxyl groups excluding tert-OH is 1. The summed E-state index contributed by atoms with van der Waals surface area (Å²) in [7, 11) is -1.38. The molecular formula is C15H20OSi. The largest absolute Gasteiger partial charge is 0.388 e. The van der Waals surface area contributed by atoms with Crippen molar-refractivity contribution in [2.24, 2.45) is 0 Å². The molecule has 1 unspecified atom stereocenters. The molecule has 1 aromatic rings. The molecule has 0 radical (unpaired) electrons. The molecule has 0 saturated heterocycles. The molecule has 1 N–H and O–H groups in total. The normalized spacial score (nSPS) is 12.5. The fourth-order valence-corrected chi connectivity index (χ4v) is 1.95. The first-order chi connectivity index (χ1) is 7.94. The van der Waals surface area contributed by atoms with Crippen LogP contribution in [0.5, 0.6) is 0 Å². The van der Waals surface area contributed by atoms with Crippen LogP contribution in [0.4, 0.5) is 0 Å². The fourth-order valence-electron chi connectivity index (χ4n) is 1.44. The lowest BCUT2D eigenvalue weighted by atomic mass is 10.0. The minimum Gasteiger partial charge on any atom is -0.388 e. The number of benzene rings is 1. The fraction of sp³-hybridized carbons (Fsp3) is 0.333. The third-order valence-corrected chi connectivity index (χ3v) is 3.16. The van der Waals surface area contributed by atoms with Gasteiger partial charge in [0, 0.05) is 5.56 Å². The predicted octanol–water partition coefficient (Wildman–Crippen LogP) is 3.53. The quantitative estimate of drug-likeness (QED) is 0.490. The Hall–Kier alpha value is -1.30. The molecule has 0 aromatic heterocycles. The number of aliphatic hydroxyl groups is 1. The average Bonchev–Trinajstić information content (AvgIpc) is 2.26. The van der Waals surface area contributed by atoms with E-state index in [1.165, 1.54) is 0 Å². The maximum atomic E-state index is 10.0. The van der Waals surface area contributed by atoms with Gasteiger partial charge < -0.3 is 5.11 Å². The van der Waals surface area contributed by atoms with Crippen LogP contribution in [0.1, 0.15) is 23.7 Å². The van der Waals surface area contributed by atoms with Crippen LogP contribution in [0, 0.1) is 11.5 Å². The van der Waals surface area contributed by atoms with Gasteiger partial charge in [-0.25, -0.2) is 0 Å². The van der Waals surface area contributed by atoms with Crippen LogP contribution in [-0.4, -0.2) is 13.2 Å². The number of rotatable bonds is 3. The first kappa shape index (κ1) is 13.8. The summed E-state index contributed by atoms with van der Waals surface area (Å²) in [5, 5.41) is 10.0. The van der Waals surface area contributed by atoms with Gasteiger partial charge in [0.15, 0.2) is 0 Å². The topological polar surface area (TPSA) is 20.2 Å². The Labute approximate surface area is 105 Å². The molecule has 0 bridgehead atoms. The van der Waals surface area contributed by atoms with Gasteiger partial charge in [0.05, 0.1) is 6.10 Å². The van der Waals surface area contributed by atoms with Gasteiger partial charge >= 0.3 is 0 Å². The molecule has 1 atom stereocenters. The first-order valence-corrected chi connectivity index (χ1v) is 9.35. The Morgan fingerprint density at radius 2 is 2.00 bits per heavy atom. The summed E-state index contributed by atoms with van der Waals surface area (Å²) < 4.78 is 0. The van der Waals surface area contributed by atoms with Crippen LogP contribution in [0.3, 0.4) is 0 Å². The summed E-state index contributed by atoms with van der Waals surface area (Å²) >= 11 is 0. The molecule has 17 heavy (non-hydrogen) atoms. The maximum Gasteiger partial charge on any atom is 0.129 e. The lowest BCUT2D eigenvalue weighted by Gasteiger charge is -2.11. The van der Waals surface area contributed by atoms with Crippen LogP contribution in [0.15, 0.2) is 36.9 Å². The van der Waals surface area contributed by atoms with Gasteiger partial charge in [-0.15, -0.1) is 12.1 Å². The third-order valence-electron chi connectivity index (χ3n) is 2.28. The SMILES string of the molecule is C=CCC(O)c1ccccc1C#C[Si](C)(C)C. The molecule has 2 heteroatoms. The average molecular weight is 244 g/mol. The Balaban J connectivity index is 3.07. The molecular weight excluding hydrogens is 224 g/mol. The number of hydrogen-bond acceptors (Lipinski definition) is 1. The van der Waals surface area contributed by atoms with Crippen molar-refractivity contribution in [3.05, 3.63) is 48.0 Å². The second-order valence-electron chi connectivity index (χ2n) is 5.13. The van der Waals surface area contributed by atoms with Crippen LogP contribution in [-0.2, 0) is 0 Å². The monoisotopic (exact) mass is 244 g/mol. The summed E-state index contributed by atoms with van der Waals surface area (Å²) in [6.07, 6.45) is 1.79.